The number of rotatable bonds is 6. The summed E-state index contributed by atoms with van der Waals surface area (Å²) in [5.41, 5.74) is 1.34. The van der Waals surface area contributed by atoms with Crippen LogP contribution in [-0.4, -0.2) is 69.4 Å². The Labute approximate surface area is 202 Å². The molecule has 0 atom stereocenters. The van der Waals surface area contributed by atoms with Crippen molar-refractivity contribution in [2.75, 3.05) is 58.5 Å². The van der Waals surface area contributed by atoms with Crippen LogP contribution in [0.4, 0.5) is 5.13 Å². The Bertz CT molecular complexity index is 1110. The van der Waals surface area contributed by atoms with Crippen molar-refractivity contribution in [1.82, 2.24) is 9.88 Å². The number of nitrogens with zero attached hydrogens (tertiary/aromatic N) is 3. The first-order valence-corrected chi connectivity index (χ1v) is 11.5. The number of carbonyl (C=O) groups excluding carboxylic acids is 1. The molecule has 33 heavy (non-hydrogen) atoms. The number of ether oxygens (including phenoxy) is 4. The van der Waals surface area contributed by atoms with Crippen LogP contribution in [0.25, 0.3) is 10.2 Å². The molecule has 2 aromatic carbocycles. The predicted octanol–water partition coefficient (Wildman–Crippen LogP) is 3.86. The molecule has 3 heterocycles. The van der Waals surface area contributed by atoms with E-state index in [9.17, 15) is 4.79 Å². The molecular formula is C23H26ClN3O5S. The van der Waals surface area contributed by atoms with Crippen molar-refractivity contribution in [3.05, 3.63) is 35.9 Å². The number of anilines is 1. The van der Waals surface area contributed by atoms with Gasteiger partial charge in [0.25, 0.3) is 5.91 Å². The van der Waals surface area contributed by atoms with Crippen molar-refractivity contribution in [3.8, 4) is 23.0 Å². The molecular weight excluding hydrogens is 466 g/mol. The molecule has 2 aliphatic rings. The van der Waals surface area contributed by atoms with Crippen molar-refractivity contribution >= 4 is 45.0 Å². The molecule has 0 aliphatic carbocycles. The largest absolute Gasteiger partial charge is 0.486 e. The number of hydrogen-bond acceptors (Lipinski definition) is 8. The number of carbonyl (C=O) groups is 1. The first-order chi connectivity index (χ1) is 15.6. The molecule has 0 spiro atoms. The third kappa shape index (κ3) is 4.95. The quantitative estimate of drug-likeness (QED) is 0.518. The van der Waals surface area contributed by atoms with E-state index in [0.717, 1.165) is 28.9 Å². The molecule has 2 aliphatic heterocycles. The Morgan fingerprint density at radius 3 is 2.24 bits per heavy atom. The molecule has 1 amide bonds. The van der Waals surface area contributed by atoms with Crippen LogP contribution in [0.2, 0.25) is 0 Å². The lowest BCUT2D eigenvalue weighted by molar-refractivity contribution is 0.0984. The molecule has 1 aromatic heterocycles. The van der Waals surface area contributed by atoms with Crippen LogP contribution < -0.4 is 23.8 Å². The summed E-state index contributed by atoms with van der Waals surface area (Å²) in [4.78, 5) is 22.2. The van der Waals surface area contributed by atoms with Crippen molar-refractivity contribution in [2.45, 2.75) is 6.42 Å². The van der Waals surface area contributed by atoms with Crippen molar-refractivity contribution in [2.24, 2.45) is 0 Å². The molecule has 0 saturated heterocycles. The average molecular weight is 492 g/mol. The summed E-state index contributed by atoms with van der Waals surface area (Å²) in [5, 5.41) is 0.654. The SMILES string of the molecule is CN(C)CCCN(C(=O)c1ccc2c(c1)OCCO2)c1nc2cc3c(cc2s1)OCCO3.Cl. The van der Waals surface area contributed by atoms with E-state index in [2.05, 4.69) is 4.90 Å². The normalized spacial score (nSPS) is 14.2. The second-order valence-corrected chi connectivity index (χ2v) is 8.94. The zero-order valence-corrected chi connectivity index (χ0v) is 20.2. The number of hydrogen-bond donors (Lipinski definition) is 0. The Morgan fingerprint density at radius 1 is 0.909 bits per heavy atom. The minimum atomic E-state index is -0.114. The molecule has 3 aromatic rings. The van der Waals surface area contributed by atoms with Gasteiger partial charge in [-0.25, -0.2) is 4.98 Å². The molecule has 5 rings (SSSR count). The van der Waals surface area contributed by atoms with Crippen molar-refractivity contribution < 1.29 is 23.7 Å². The maximum atomic E-state index is 13.6. The second kappa shape index (κ2) is 10.0. The van der Waals surface area contributed by atoms with E-state index in [1.807, 2.05) is 26.2 Å². The first-order valence-electron chi connectivity index (χ1n) is 10.6. The number of aromatic nitrogens is 1. The van der Waals surface area contributed by atoms with Gasteiger partial charge < -0.3 is 23.8 Å². The van der Waals surface area contributed by atoms with Gasteiger partial charge >= 0.3 is 0 Å². The van der Waals surface area contributed by atoms with E-state index in [4.69, 9.17) is 23.9 Å². The Kier molecular flexibility index (Phi) is 7.11. The zero-order chi connectivity index (χ0) is 22.1. The molecule has 0 radical (unpaired) electrons. The van der Waals surface area contributed by atoms with Crippen molar-refractivity contribution in [3.63, 3.8) is 0 Å². The third-order valence-corrected chi connectivity index (χ3v) is 6.33. The van der Waals surface area contributed by atoms with Crippen LogP contribution in [0.5, 0.6) is 23.0 Å². The fourth-order valence-corrected chi connectivity index (χ4v) is 4.73. The van der Waals surface area contributed by atoms with Gasteiger partial charge in [-0.1, -0.05) is 11.3 Å². The highest BCUT2D eigenvalue weighted by molar-refractivity contribution is 7.22. The Morgan fingerprint density at radius 2 is 1.55 bits per heavy atom. The topological polar surface area (TPSA) is 73.4 Å². The lowest BCUT2D eigenvalue weighted by atomic mass is 10.1. The van der Waals surface area contributed by atoms with Crippen LogP contribution in [0.3, 0.4) is 0 Å². The van der Waals surface area contributed by atoms with Gasteiger partial charge in [0.2, 0.25) is 0 Å². The Balaban J connectivity index is 0.00000259. The second-order valence-electron chi connectivity index (χ2n) is 7.93. The van der Waals surface area contributed by atoms with Gasteiger partial charge in [-0.3, -0.25) is 9.69 Å². The molecule has 0 N–H and O–H groups in total. The summed E-state index contributed by atoms with van der Waals surface area (Å²) >= 11 is 1.48. The van der Waals surface area contributed by atoms with Gasteiger partial charge in [0, 0.05) is 24.2 Å². The molecule has 0 unspecified atom stereocenters. The van der Waals surface area contributed by atoms with Crippen LogP contribution in [-0.2, 0) is 0 Å². The van der Waals surface area contributed by atoms with E-state index < -0.39 is 0 Å². The zero-order valence-electron chi connectivity index (χ0n) is 18.5. The van der Waals surface area contributed by atoms with Crippen molar-refractivity contribution in [1.29, 1.82) is 0 Å². The lowest BCUT2D eigenvalue weighted by Crippen LogP contribution is -2.33. The number of fused-ring (bicyclic) bond motifs is 3. The number of halogens is 1. The molecule has 0 saturated carbocycles. The summed E-state index contributed by atoms with van der Waals surface area (Å²) in [5.74, 6) is 2.56. The molecule has 10 heteroatoms. The number of benzene rings is 2. The molecule has 176 valence electrons. The van der Waals surface area contributed by atoms with Crippen LogP contribution in [0.15, 0.2) is 30.3 Å². The smallest absolute Gasteiger partial charge is 0.260 e. The average Bonchev–Trinajstić information content (AvgIpc) is 3.21. The highest BCUT2D eigenvalue weighted by Crippen LogP contribution is 2.39. The summed E-state index contributed by atoms with van der Waals surface area (Å²) in [7, 11) is 4.05. The number of amides is 1. The maximum Gasteiger partial charge on any atom is 0.260 e. The van der Waals surface area contributed by atoms with Crippen LogP contribution in [0, 0.1) is 0 Å². The predicted molar refractivity (Wildman–Crippen MR) is 130 cm³/mol. The van der Waals surface area contributed by atoms with Crippen LogP contribution in [0.1, 0.15) is 16.8 Å². The monoisotopic (exact) mass is 491 g/mol. The summed E-state index contributed by atoms with van der Waals surface area (Å²) in [6, 6.07) is 9.15. The van der Waals surface area contributed by atoms with Crippen LogP contribution >= 0.6 is 23.7 Å². The summed E-state index contributed by atoms with van der Waals surface area (Å²) in [6.45, 7) is 3.46. The van der Waals surface area contributed by atoms with Gasteiger partial charge in [-0.2, -0.15) is 0 Å². The van der Waals surface area contributed by atoms with Gasteiger partial charge in [0.1, 0.15) is 26.4 Å². The van der Waals surface area contributed by atoms with Gasteiger partial charge in [-0.05, 0) is 45.3 Å². The van der Waals surface area contributed by atoms with Gasteiger partial charge in [0.15, 0.2) is 28.1 Å². The van der Waals surface area contributed by atoms with E-state index in [0.29, 0.717) is 60.9 Å². The standard InChI is InChI=1S/C23H25N3O5S.ClH/c1-25(2)6-3-7-26(22(27)15-4-5-17-18(12-15)29-9-8-28-17)23-24-16-13-19-20(14-21(16)32-23)31-11-10-30-19;/h4-5,12-14H,3,6-11H2,1-2H3;1H. The van der Waals surface area contributed by atoms with E-state index in [1.165, 1.54) is 11.3 Å². The minimum absolute atomic E-state index is 0. The molecule has 0 bridgehead atoms. The first kappa shape index (κ1) is 23.4. The fourth-order valence-electron chi connectivity index (χ4n) is 3.73. The number of thiazole rings is 1. The molecule has 0 fully saturated rings. The van der Waals surface area contributed by atoms with E-state index >= 15 is 0 Å². The highest BCUT2D eigenvalue weighted by Gasteiger charge is 2.24. The van der Waals surface area contributed by atoms with Gasteiger partial charge in [0.05, 0.1) is 10.2 Å². The highest BCUT2D eigenvalue weighted by atomic mass is 35.5. The lowest BCUT2D eigenvalue weighted by Gasteiger charge is -2.23. The fraction of sp³-hybridized carbons (Fsp3) is 0.391. The molecule has 8 nitrogen and oxygen atoms in total. The minimum Gasteiger partial charge on any atom is -0.486 e. The summed E-state index contributed by atoms with van der Waals surface area (Å²) < 4.78 is 23.6. The van der Waals surface area contributed by atoms with Gasteiger partial charge in [-0.15, -0.1) is 12.4 Å². The van der Waals surface area contributed by atoms with E-state index in [1.54, 1.807) is 23.1 Å². The van der Waals surface area contributed by atoms with E-state index in [-0.39, 0.29) is 18.3 Å². The maximum absolute atomic E-state index is 13.6. The Hall–Kier alpha value is -2.75. The summed E-state index contributed by atoms with van der Waals surface area (Å²) in [6.07, 6.45) is 0.821. The third-order valence-electron chi connectivity index (χ3n) is 5.29.